The Morgan fingerprint density at radius 1 is 0.857 bits per heavy atom. The number of carbonyl (C=O) groups excluding carboxylic acids is 3. The van der Waals surface area contributed by atoms with Crippen LogP contribution >= 0.6 is 0 Å². The van der Waals surface area contributed by atoms with Crippen molar-refractivity contribution in [1.29, 1.82) is 0 Å². The molecule has 2 bridgehead atoms. The first kappa shape index (κ1) is 26.4. The second-order valence-electron chi connectivity index (χ2n) is 11.3. The molecule has 0 radical (unpaired) electrons. The van der Waals surface area contributed by atoms with E-state index in [0.717, 1.165) is 10.8 Å². The number of anilines is 2. The van der Waals surface area contributed by atoms with Crippen LogP contribution in [0.25, 0.3) is 10.8 Å². The molecule has 0 saturated carbocycles. The molecule has 0 aliphatic carbocycles. The molecule has 3 saturated heterocycles. The van der Waals surface area contributed by atoms with E-state index in [1.54, 1.807) is 12.1 Å². The number of ether oxygens (including phenoxy) is 1. The Morgan fingerprint density at radius 3 is 2.26 bits per heavy atom. The summed E-state index contributed by atoms with van der Waals surface area (Å²) in [5, 5.41) is 18.6. The van der Waals surface area contributed by atoms with Gasteiger partial charge in [-0.3, -0.25) is 14.4 Å². The fraction of sp³-hybridized carbons (Fsp3) is 0.265. The molecule has 42 heavy (non-hydrogen) atoms. The maximum absolute atomic E-state index is 14.4. The van der Waals surface area contributed by atoms with Gasteiger partial charge in [0.15, 0.2) is 0 Å². The fourth-order valence-corrected chi connectivity index (χ4v) is 7.28. The Morgan fingerprint density at radius 2 is 1.52 bits per heavy atom. The summed E-state index contributed by atoms with van der Waals surface area (Å²) >= 11 is 0. The molecular weight excluding hydrogens is 530 g/mol. The van der Waals surface area contributed by atoms with Gasteiger partial charge in [-0.2, -0.15) is 0 Å². The Balaban J connectivity index is 1.28. The van der Waals surface area contributed by atoms with Crippen molar-refractivity contribution in [2.45, 2.75) is 36.6 Å². The molecule has 3 heterocycles. The minimum Gasteiger partial charge on any atom is -0.394 e. The summed E-state index contributed by atoms with van der Waals surface area (Å²) in [7, 11) is 0. The summed E-state index contributed by atoms with van der Waals surface area (Å²) in [5.74, 6) is -2.68. The van der Waals surface area contributed by atoms with Crippen LogP contribution < -0.4 is 10.6 Å². The zero-order valence-electron chi connectivity index (χ0n) is 22.9. The van der Waals surface area contributed by atoms with Crippen molar-refractivity contribution in [1.82, 2.24) is 4.90 Å². The first-order valence-corrected chi connectivity index (χ1v) is 14.3. The number of aliphatic hydroxyl groups is 1. The average molecular weight is 562 g/mol. The van der Waals surface area contributed by atoms with Crippen LogP contribution in [-0.4, -0.2) is 52.1 Å². The predicted molar refractivity (Wildman–Crippen MR) is 158 cm³/mol. The normalized spacial score (nSPS) is 26.7. The van der Waals surface area contributed by atoms with Crippen LogP contribution in [0, 0.1) is 11.8 Å². The van der Waals surface area contributed by atoms with Crippen molar-refractivity contribution in [3.63, 3.8) is 0 Å². The van der Waals surface area contributed by atoms with Crippen LogP contribution in [0.2, 0.25) is 0 Å². The van der Waals surface area contributed by atoms with Gasteiger partial charge in [0.25, 0.3) is 0 Å². The number of likely N-dealkylation sites (tertiary alicyclic amines) is 1. The van der Waals surface area contributed by atoms with E-state index in [4.69, 9.17) is 4.74 Å². The van der Waals surface area contributed by atoms with Crippen molar-refractivity contribution < 1.29 is 24.2 Å². The number of hydrogen-bond acceptors (Lipinski definition) is 5. The third-order valence-electron chi connectivity index (χ3n) is 9.04. The summed E-state index contributed by atoms with van der Waals surface area (Å²) in [6.45, 7) is -0.386. The molecule has 6 atom stereocenters. The zero-order chi connectivity index (χ0) is 28.8. The second-order valence-corrected chi connectivity index (χ2v) is 11.3. The maximum Gasteiger partial charge on any atom is 0.250 e. The van der Waals surface area contributed by atoms with E-state index in [-0.39, 0.29) is 18.4 Å². The van der Waals surface area contributed by atoms with E-state index < -0.39 is 41.5 Å². The van der Waals surface area contributed by atoms with E-state index in [0.29, 0.717) is 29.8 Å². The number of hydrogen-bond donors (Lipinski definition) is 3. The molecule has 0 aromatic heterocycles. The molecule has 3 N–H and O–H groups in total. The van der Waals surface area contributed by atoms with Gasteiger partial charge in [-0.05, 0) is 53.4 Å². The molecule has 4 aromatic rings. The van der Waals surface area contributed by atoms with Crippen molar-refractivity contribution in [3.8, 4) is 0 Å². The molecule has 3 fully saturated rings. The van der Waals surface area contributed by atoms with E-state index in [1.807, 2.05) is 91.0 Å². The molecule has 2 unspecified atom stereocenters. The lowest BCUT2D eigenvalue weighted by Crippen LogP contribution is -2.54. The number of nitrogens with one attached hydrogen (secondary N) is 2. The predicted octanol–water partition coefficient (Wildman–Crippen LogP) is 4.53. The Hall–Kier alpha value is -4.53. The Labute approximate surface area is 243 Å². The topological polar surface area (TPSA) is 108 Å². The summed E-state index contributed by atoms with van der Waals surface area (Å²) in [5.41, 5.74) is 0.735. The van der Waals surface area contributed by atoms with Crippen LogP contribution in [0.1, 0.15) is 24.4 Å². The highest BCUT2D eigenvalue weighted by Crippen LogP contribution is 2.59. The summed E-state index contributed by atoms with van der Waals surface area (Å²) in [6.07, 6.45) is 0.534. The highest BCUT2D eigenvalue weighted by atomic mass is 16.5. The largest absolute Gasteiger partial charge is 0.394 e. The third-order valence-corrected chi connectivity index (χ3v) is 9.04. The van der Waals surface area contributed by atoms with Crippen molar-refractivity contribution in [3.05, 3.63) is 109 Å². The van der Waals surface area contributed by atoms with Gasteiger partial charge < -0.3 is 25.4 Å². The van der Waals surface area contributed by atoms with E-state index in [9.17, 15) is 19.5 Å². The summed E-state index contributed by atoms with van der Waals surface area (Å²) in [4.78, 5) is 43.9. The second kappa shape index (κ2) is 10.4. The van der Waals surface area contributed by atoms with Gasteiger partial charge in [-0.15, -0.1) is 0 Å². The van der Waals surface area contributed by atoms with Crippen molar-refractivity contribution >= 4 is 39.9 Å². The standard InChI is InChI=1S/C34H31N3O5/c38-20-26(22-10-3-1-4-11-22)37-30(32(40)36-25-16-15-21-9-7-8-12-23(21)19-25)34-18-17-27(42-34)28(29(34)33(37)41)31(39)35-24-13-5-2-6-14-24/h1-16,19,26-30,38H,17-18,20H2,(H,35,39)(H,36,40)/t26-,27-,28+,29+,30?,34?/m1/s1. The lowest BCUT2D eigenvalue weighted by Gasteiger charge is -2.36. The fourth-order valence-electron chi connectivity index (χ4n) is 7.28. The molecule has 4 aromatic carbocycles. The first-order chi connectivity index (χ1) is 20.5. The lowest BCUT2D eigenvalue weighted by molar-refractivity contribution is -0.143. The van der Waals surface area contributed by atoms with Crippen LogP contribution in [-0.2, 0) is 19.1 Å². The summed E-state index contributed by atoms with van der Waals surface area (Å²) in [6, 6.07) is 30.0. The molecular formula is C34H31N3O5. The van der Waals surface area contributed by atoms with Gasteiger partial charge in [-0.1, -0.05) is 78.9 Å². The summed E-state index contributed by atoms with van der Waals surface area (Å²) < 4.78 is 6.56. The molecule has 3 amide bonds. The molecule has 3 aliphatic heterocycles. The Bertz CT molecular complexity index is 1660. The van der Waals surface area contributed by atoms with E-state index >= 15 is 0 Å². The van der Waals surface area contributed by atoms with Crippen LogP contribution in [0.5, 0.6) is 0 Å². The number of fused-ring (bicyclic) bond motifs is 2. The first-order valence-electron chi connectivity index (χ1n) is 14.3. The monoisotopic (exact) mass is 561 g/mol. The highest BCUT2D eigenvalue weighted by molar-refractivity contribution is 6.05. The van der Waals surface area contributed by atoms with Gasteiger partial charge >= 0.3 is 0 Å². The number of benzene rings is 4. The molecule has 3 aliphatic rings. The number of aliphatic hydroxyl groups excluding tert-OH is 1. The molecule has 7 rings (SSSR count). The highest BCUT2D eigenvalue weighted by Gasteiger charge is 2.75. The molecule has 1 spiro atoms. The van der Waals surface area contributed by atoms with E-state index in [1.165, 1.54) is 4.90 Å². The smallest absolute Gasteiger partial charge is 0.250 e. The lowest BCUT2D eigenvalue weighted by atomic mass is 9.70. The average Bonchev–Trinajstić information content (AvgIpc) is 3.66. The van der Waals surface area contributed by atoms with E-state index in [2.05, 4.69) is 10.6 Å². The number of rotatable bonds is 7. The SMILES string of the molecule is O=C(Nc1ccc2ccccc2c1)C1N([C@H](CO)c2ccccc2)C(=O)[C@@H]2[C@@H](C(=O)Nc3ccccc3)[C@H]3CCC12O3. The molecule has 8 heteroatoms. The van der Waals surface area contributed by atoms with Crippen molar-refractivity contribution in [2.24, 2.45) is 11.8 Å². The van der Waals surface area contributed by atoms with Crippen molar-refractivity contribution in [2.75, 3.05) is 17.2 Å². The zero-order valence-corrected chi connectivity index (χ0v) is 22.9. The minimum atomic E-state index is -1.19. The van der Waals surface area contributed by atoms with Gasteiger partial charge in [-0.25, -0.2) is 0 Å². The van der Waals surface area contributed by atoms with Crippen LogP contribution in [0.4, 0.5) is 11.4 Å². The number of amides is 3. The Kier molecular flexibility index (Phi) is 6.52. The van der Waals surface area contributed by atoms with Gasteiger partial charge in [0, 0.05) is 11.4 Å². The third kappa shape index (κ3) is 4.18. The van der Waals surface area contributed by atoms with Gasteiger partial charge in [0.05, 0.1) is 30.6 Å². The maximum atomic E-state index is 14.4. The number of para-hydroxylation sites is 1. The van der Waals surface area contributed by atoms with Crippen LogP contribution in [0.15, 0.2) is 103 Å². The number of nitrogens with zero attached hydrogens (tertiary/aromatic N) is 1. The number of carbonyl (C=O) groups is 3. The molecule has 212 valence electrons. The van der Waals surface area contributed by atoms with Crippen LogP contribution in [0.3, 0.4) is 0 Å². The van der Waals surface area contributed by atoms with Gasteiger partial charge in [0.2, 0.25) is 17.7 Å². The molecule has 8 nitrogen and oxygen atoms in total. The quantitative estimate of drug-likeness (QED) is 0.308. The minimum absolute atomic E-state index is 0.304. The van der Waals surface area contributed by atoms with Gasteiger partial charge in [0.1, 0.15) is 11.6 Å².